The predicted molar refractivity (Wildman–Crippen MR) is 113 cm³/mol. The molecule has 1 fully saturated rings. The molecule has 27 heavy (non-hydrogen) atoms. The molecule has 0 bridgehead atoms. The second kappa shape index (κ2) is 7.95. The number of thioether (sulfide) groups is 1. The number of aromatic amines is 1. The lowest BCUT2D eigenvalue weighted by molar-refractivity contribution is -0.130. The summed E-state index contributed by atoms with van der Waals surface area (Å²) < 4.78 is 0. The Balaban J connectivity index is 1.42. The maximum atomic E-state index is 12.6. The normalized spacial score (nSPS) is 22.8. The van der Waals surface area contributed by atoms with Gasteiger partial charge in [0.25, 0.3) is 5.56 Å². The number of H-pyrrole nitrogens is 1. The maximum absolute atomic E-state index is 12.6. The molecule has 3 heterocycles. The fourth-order valence-corrected chi connectivity index (χ4v) is 6.40. The van der Waals surface area contributed by atoms with Crippen LogP contribution in [-0.4, -0.2) is 39.6 Å². The first kappa shape index (κ1) is 19.0. The Morgan fingerprint density at radius 1 is 1.33 bits per heavy atom. The van der Waals surface area contributed by atoms with E-state index in [1.165, 1.54) is 16.9 Å². The molecule has 0 radical (unpaired) electrons. The molecule has 1 aliphatic heterocycles. The van der Waals surface area contributed by atoms with Gasteiger partial charge < -0.3 is 9.88 Å². The molecule has 2 atom stereocenters. The van der Waals surface area contributed by atoms with E-state index in [1.807, 2.05) is 4.90 Å². The van der Waals surface area contributed by atoms with E-state index in [4.69, 9.17) is 4.98 Å². The highest BCUT2D eigenvalue weighted by atomic mass is 32.2. The first-order chi connectivity index (χ1) is 13.0. The van der Waals surface area contributed by atoms with Crippen LogP contribution in [0.1, 0.15) is 49.4 Å². The Morgan fingerprint density at radius 3 is 3.00 bits per heavy atom. The summed E-state index contributed by atoms with van der Waals surface area (Å²) in [6.07, 6.45) is 5.50. The van der Waals surface area contributed by atoms with Gasteiger partial charge in [0.2, 0.25) is 5.91 Å². The van der Waals surface area contributed by atoms with Crippen LogP contribution in [0.4, 0.5) is 0 Å². The molecular weight excluding hydrogens is 378 g/mol. The van der Waals surface area contributed by atoms with Gasteiger partial charge in [0.05, 0.1) is 16.9 Å². The lowest BCUT2D eigenvalue weighted by Crippen LogP contribution is -2.40. The molecule has 2 aliphatic rings. The highest BCUT2D eigenvalue weighted by Gasteiger charge is 2.23. The van der Waals surface area contributed by atoms with Gasteiger partial charge in [-0.2, -0.15) is 0 Å². The van der Waals surface area contributed by atoms with Crippen molar-refractivity contribution in [3.05, 3.63) is 26.6 Å². The number of aromatic nitrogens is 2. The van der Waals surface area contributed by atoms with Crippen molar-refractivity contribution in [1.29, 1.82) is 0 Å². The fourth-order valence-electron chi connectivity index (χ4n) is 4.20. The van der Waals surface area contributed by atoms with Crippen LogP contribution < -0.4 is 5.56 Å². The minimum Gasteiger partial charge on any atom is -0.342 e. The molecule has 5 nitrogen and oxygen atoms in total. The van der Waals surface area contributed by atoms with E-state index in [0.29, 0.717) is 29.2 Å². The van der Waals surface area contributed by atoms with E-state index < -0.39 is 0 Å². The zero-order valence-corrected chi connectivity index (χ0v) is 17.7. The van der Waals surface area contributed by atoms with E-state index in [0.717, 1.165) is 49.0 Å². The number of amides is 1. The highest BCUT2D eigenvalue weighted by Crippen LogP contribution is 2.35. The average molecular weight is 406 g/mol. The van der Waals surface area contributed by atoms with Crippen LogP contribution in [0.3, 0.4) is 0 Å². The Hall–Kier alpha value is -1.34. The molecule has 0 saturated carbocycles. The summed E-state index contributed by atoms with van der Waals surface area (Å²) in [4.78, 5) is 36.9. The number of piperidine rings is 1. The molecule has 2 aromatic rings. The summed E-state index contributed by atoms with van der Waals surface area (Å²) in [6, 6.07) is 0. The molecule has 0 spiro atoms. The third-order valence-electron chi connectivity index (χ3n) is 5.69. The highest BCUT2D eigenvalue weighted by molar-refractivity contribution is 7.99. The van der Waals surface area contributed by atoms with Crippen LogP contribution in [-0.2, 0) is 23.4 Å². The largest absolute Gasteiger partial charge is 0.342 e. The molecular formula is C20H27N3O2S2. The lowest BCUT2D eigenvalue weighted by atomic mass is 9.89. The zero-order valence-electron chi connectivity index (χ0n) is 16.0. The predicted octanol–water partition coefficient (Wildman–Crippen LogP) is 3.60. The smallest absolute Gasteiger partial charge is 0.259 e. The van der Waals surface area contributed by atoms with Crippen LogP contribution in [0.15, 0.2) is 4.79 Å². The molecule has 0 unspecified atom stereocenters. The minimum absolute atomic E-state index is 0.0150. The molecule has 146 valence electrons. The number of nitrogens with one attached hydrogen (secondary N) is 1. The van der Waals surface area contributed by atoms with E-state index in [1.54, 1.807) is 23.1 Å². The average Bonchev–Trinajstić information content (AvgIpc) is 2.99. The van der Waals surface area contributed by atoms with Crippen molar-refractivity contribution < 1.29 is 4.79 Å². The summed E-state index contributed by atoms with van der Waals surface area (Å²) in [6.45, 7) is 6.23. The Kier molecular flexibility index (Phi) is 5.60. The quantitative estimate of drug-likeness (QED) is 0.844. The monoisotopic (exact) mass is 405 g/mol. The Labute approximate surface area is 167 Å². The third kappa shape index (κ3) is 4.09. The molecule has 1 amide bonds. The van der Waals surface area contributed by atoms with Gasteiger partial charge in [-0.3, -0.25) is 9.59 Å². The van der Waals surface area contributed by atoms with Crippen LogP contribution in [0.25, 0.3) is 10.2 Å². The van der Waals surface area contributed by atoms with Crippen molar-refractivity contribution in [3.8, 4) is 0 Å². The van der Waals surface area contributed by atoms with Crippen LogP contribution in [0.5, 0.6) is 0 Å². The van der Waals surface area contributed by atoms with Crippen molar-refractivity contribution in [2.75, 3.05) is 18.8 Å². The number of likely N-dealkylation sites (tertiary alicyclic amines) is 1. The van der Waals surface area contributed by atoms with Gasteiger partial charge >= 0.3 is 0 Å². The maximum Gasteiger partial charge on any atom is 0.259 e. The molecule has 1 saturated heterocycles. The number of hydrogen-bond acceptors (Lipinski definition) is 5. The lowest BCUT2D eigenvalue weighted by Gasteiger charge is -2.30. The number of aryl methyl sites for hydroxylation is 1. The number of carbonyl (C=O) groups is 1. The van der Waals surface area contributed by atoms with E-state index in [9.17, 15) is 9.59 Å². The summed E-state index contributed by atoms with van der Waals surface area (Å²) in [5, 5.41) is 0.800. The molecule has 1 aliphatic carbocycles. The SMILES string of the molecule is C[C@@H]1CCc2c(sc3nc(CSCC(=O)N4CCC[C@@H](C)C4)[nH]c(=O)c23)C1. The van der Waals surface area contributed by atoms with Crippen molar-refractivity contribution in [1.82, 2.24) is 14.9 Å². The first-order valence-electron chi connectivity index (χ1n) is 9.90. The zero-order chi connectivity index (χ0) is 19.0. The number of rotatable bonds is 4. The van der Waals surface area contributed by atoms with Gasteiger partial charge in [0, 0.05) is 18.0 Å². The van der Waals surface area contributed by atoms with Crippen LogP contribution in [0, 0.1) is 11.8 Å². The number of carbonyl (C=O) groups excluding carboxylic acids is 1. The fraction of sp³-hybridized carbons (Fsp3) is 0.650. The number of fused-ring (bicyclic) bond motifs is 3. The van der Waals surface area contributed by atoms with Crippen molar-refractivity contribution in [2.24, 2.45) is 11.8 Å². The van der Waals surface area contributed by atoms with Gasteiger partial charge in [-0.1, -0.05) is 13.8 Å². The number of nitrogens with zero attached hydrogens (tertiary/aromatic N) is 2. The third-order valence-corrected chi connectivity index (χ3v) is 7.77. The number of thiophene rings is 1. The number of hydrogen-bond donors (Lipinski definition) is 1. The van der Waals surface area contributed by atoms with Gasteiger partial charge in [-0.05, 0) is 49.5 Å². The first-order valence-corrected chi connectivity index (χ1v) is 11.9. The molecule has 4 rings (SSSR count). The minimum atomic E-state index is -0.0150. The van der Waals surface area contributed by atoms with Crippen molar-refractivity contribution >= 4 is 39.2 Å². The van der Waals surface area contributed by atoms with Gasteiger partial charge in [0.1, 0.15) is 10.7 Å². The summed E-state index contributed by atoms with van der Waals surface area (Å²) in [5.41, 5.74) is 1.20. The van der Waals surface area contributed by atoms with E-state index >= 15 is 0 Å². The molecule has 1 N–H and O–H groups in total. The van der Waals surface area contributed by atoms with Crippen LogP contribution >= 0.6 is 23.1 Å². The molecule has 2 aromatic heterocycles. The molecule has 7 heteroatoms. The van der Waals surface area contributed by atoms with E-state index in [2.05, 4.69) is 18.8 Å². The molecule has 0 aromatic carbocycles. The Morgan fingerprint density at radius 2 is 2.19 bits per heavy atom. The summed E-state index contributed by atoms with van der Waals surface area (Å²) in [7, 11) is 0. The van der Waals surface area contributed by atoms with Gasteiger partial charge in [0.15, 0.2) is 0 Å². The second-order valence-corrected chi connectivity index (χ2v) is 10.2. The van der Waals surface area contributed by atoms with Gasteiger partial charge in [-0.25, -0.2) is 4.98 Å². The summed E-state index contributed by atoms with van der Waals surface area (Å²) >= 11 is 3.22. The second-order valence-electron chi connectivity index (χ2n) is 8.12. The topological polar surface area (TPSA) is 66.1 Å². The van der Waals surface area contributed by atoms with Crippen molar-refractivity contribution in [3.63, 3.8) is 0 Å². The van der Waals surface area contributed by atoms with Crippen LogP contribution in [0.2, 0.25) is 0 Å². The van der Waals surface area contributed by atoms with Gasteiger partial charge in [-0.15, -0.1) is 23.1 Å². The van der Waals surface area contributed by atoms with Crippen molar-refractivity contribution in [2.45, 2.75) is 51.7 Å². The van der Waals surface area contributed by atoms with E-state index in [-0.39, 0.29) is 11.5 Å². The Bertz CT molecular complexity index is 904. The summed E-state index contributed by atoms with van der Waals surface area (Å²) in [5.74, 6) is 3.19. The standard InChI is InChI=1S/C20H27N3O2S2/c1-12-5-6-14-15(8-12)27-20-18(14)19(25)21-16(22-20)10-26-11-17(24)23-7-3-4-13(2)9-23/h12-13H,3-11H2,1-2H3,(H,21,22,25)/t12-,13-/m1/s1.